The molecule has 0 fully saturated rings. The number of aromatic amines is 1. The number of anilines is 1. The highest BCUT2D eigenvalue weighted by molar-refractivity contribution is 6.30. The van der Waals surface area contributed by atoms with E-state index in [4.69, 9.17) is 11.6 Å². The van der Waals surface area contributed by atoms with Crippen LogP contribution in [0.3, 0.4) is 0 Å². The number of urea groups is 1. The van der Waals surface area contributed by atoms with Gasteiger partial charge in [0, 0.05) is 33.9 Å². The van der Waals surface area contributed by atoms with Crippen LogP contribution in [0.5, 0.6) is 0 Å². The molecular weight excluding hydrogens is 346 g/mol. The summed E-state index contributed by atoms with van der Waals surface area (Å²) >= 11 is 6.04. The van der Waals surface area contributed by atoms with Crippen molar-refractivity contribution in [1.82, 2.24) is 9.88 Å². The average Bonchev–Trinajstić information content (AvgIpc) is 2.99. The first kappa shape index (κ1) is 17.0. The number of hydrogen-bond acceptors (Lipinski definition) is 1. The van der Waals surface area contributed by atoms with Crippen molar-refractivity contribution >= 4 is 34.2 Å². The molecule has 134 valence electrons. The number of nitrogens with zero attached hydrogens (tertiary/aromatic N) is 1. The number of aromatic nitrogens is 1. The fraction of sp³-hybridized carbons (Fsp3) is 0.286. The third-order valence-corrected chi connectivity index (χ3v) is 5.28. The molecule has 3 aromatic rings. The number of carbonyl (C=O) groups is 1. The zero-order valence-corrected chi connectivity index (χ0v) is 15.7. The summed E-state index contributed by atoms with van der Waals surface area (Å²) in [7, 11) is 0. The van der Waals surface area contributed by atoms with Crippen LogP contribution in [0.1, 0.15) is 31.1 Å². The number of halogens is 1. The van der Waals surface area contributed by atoms with Crippen LogP contribution in [0.15, 0.2) is 48.5 Å². The number of benzene rings is 2. The zero-order chi connectivity index (χ0) is 18.3. The molecule has 0 spiro atoms. The van der Waals surface area contributed by atoms with Gasteiger partial charge in [0.25, 0.3) is 0 Å². The second kappa shape index (κ2) is 6.69. The van der Waals surface area contributed by atoms with E-state index in [0.717, 1.165) is 17.6 Å². The van der Waals surface area contributed by atoms with E-state index in [-0.39, 0.29) is 12.1 Å². The SMILES string of the molecule is CC(C)[C@H]1c2[nH]c3ccccc3c2CCN1C(=O)Nc1cccc(Cl)c1. The Bertz CT molecular complexity index is 963. The molecule has 1 aliphatic heterocycles. The van der Waals surface area contributed by atoms with Crippen LogP contribution in [0.2, 0.25) is 5.02 Å². The Balaban J connectivity index is 1.67. The van der Waals surface area contributed by atoms with Gasteiger partial charge in [-0.25, -0.2) is 4.79 Å². The van der Waals surface area contributed by atoms with Crippen LogP contribution in [-0.4, -0.2) is 22.5 Å². The van der Waals surface area contributed by atoms with E-state index in [0.29, 0.717) is 23.2 Å². The minimum Gasteiger partial charge on any atom is -0.356 e. The Hall–Kier alpha value is -2.46. The number of carbonyl (C=O) groups excluding carboxylic acids is 1. The second-order valence-electron chi connectivity index (χ2n) is 7.14. The van der Waals surface area contributed by atoms with Crippen LogP contribution in [0, 0.1) is 5.92 Å². The zero-order valence-electron chi connectivity index (χ0n) is 14.9. The molecule has 1 aromatic heterocycles. The summed E-state index contributed by atoms with van der Waals surface area (Å²) in [6.45, 7) is 5.01. The van der Waals surface area contributed by atoms with E-state index in [2.05, 4.69) is 42.3 Å². The van der Waals surface area contributed by atoms with Gasteiger partial charge in [-0.05, 0) is 42.2 Å². The maximum Gasteiger partial charge on any atom is 0.322 e. The van der Waals surface area contributed by atoms with E-state index in [1.54, 1.807) is 12.1 Å². The number of rotatable bonds is 2. The molecule has 1 aliphatic rings. The largest absolute Gasteiger partial charge is 0.356 e. The van der Waals surface area contributed by atoms with Crippen molar-refractivity contribution in [2.45, 2.75) is 26.3 Å². The quantitative estimate of drug-likeness (QED) is 0.607. The first-order chi connectivity index (χ1) is 12.5. The smallest absolute Gasteiger partial charge is 0.322 e. The lowest BCUT2D eigenvalue weighted by Gasteiger charge is -2.38. The van der Waals surface area contributed by atoms with Crippen LogP contribution >= 0.6 is 11.6 Å². The Morgan fingerprint density at radius 1 is 1.23 bits per heavy atom. The van der Waals surface area contributed by atoms with Crippen molar-refractivity contribution < 1.29 is 4.79 Å². The molecule has 4 nitrogen and oxygen atoms in total. The van der Waals surface area contributed by atoms with Crippen LogP contribution in [0.4, 0.5) is 10.5 Å². The summed E-state index contributed by atoms with van der Waals surface area (Å²) in [5.41, 5.74) is 4.35. The summed E-state index contributed by atoms with van der Waals surface area (Å²) in [6, 6.07) is 15.5. The molecule has 0 unspecified atom stereocenters. The van der Waals surface area contributed by atoms with E-state index in [9.17, 15) is 4.79 Å². The van der Waals surface area contributed by atoms with Crippen LogP contribution in [-0.2, 0) is 6.42 Å². The molecule has 0 saturated carbocycles. The van der Waals surface area contributed by atoms with Crippen molar-refractivity contribution in [1.29, 1.82) is 0 Å². The fourth-order valence-electron chi connectivity index (χ4n) is 3.95. The standard InChI is InChI=1S/C21H22ClN3O/c1-13(2)20-19-17(16-8-3-4-9-18(16)24-19)10-11-25(20)21(26)23-15-7-5-6-14(22)12-15/h3-9,12-13,20,24H,10-11H2,1-2H3,(H,23,26)/t20-/m0/s1. The van der Waals surface area contributed by atoms with Gasteiger partial charge in [-0.1, -0.05) is 49.7 Å². The van der Waals surface area contributed by atoms with Gasteiger partial charge >= 0.3 is 6.03 Å². The monoisotopic (exact) mass is 367 g/mol. The third kappa shape index (κ3) is 2.95. The highest BCUT2D eigenvalue weighted by atomic mass is 35.5. The van der Waals surface area contributed by atoms with Crippen molar-refractivity contribution in [3.05, 3.63) is 64.8 Å². The van der Waals surface area contributed by atoms with Gasteiger partial charge in [0.1, 0.15) is 0 Å². The van der Waals surface area contributed by atoms with Crippen molar-refractivity contribution in [3.63, 3.8) is 0 Å². The molecular formula is C21H22ClN3O. The molecule has 4 rings (SSSR count). The molecule has 0 radical (unpaired) electrons. The topological polar surface area (TPSA) is 48.1 Å². The number of hydrogen-bond donors (Lipinski definition) is 2. The maximum atomic E-state index is 13.0. The lowest BCUT2D eigenvalue weighted by atomic mass is 9.90. The summed E-state index contributed by atoms with van der Waals surface area (Å²) in [4.78, 5) is 18.5. The van der Waals surface area contributed by atoms with Crippen LogP contribution < -0.4 is 5.32 Å². The van der Waals surface area contributed by atoms with Gasteiger partial charge in [-0.2, -0.15) is 0 Å². The predicted molar refractivity (Wildman–Crippen MR) is 107 cm³/mol. The van der Waals surface area contributed by atoms with E-state index in [1.807, 2.05) is 23.1 Å². The predicted octanol–water partition coefficient (Wildman–Crippen LogP) is 5.61. The Kier molecular flexibility index (Phi) is 4.37. The molecule has 26 heavy (non-hydrogen) atoms. The van der Waals surface area contributed by atoms with Crippen molar-refractivity contribution in [3.8, 4) is 0 Å². The highest BCUT2D eigenvalue weighted by Crippen LogP contribution is 2.38. The summed E-state index contributed by atoms with van der Waals surface area (Å²) in [5.74, 6) is 0.298. The molecule has 1 atom stereocenters. The summed E-state index contributed by atoms with van der Waals surface area (Å²) in [6.07, 6.45) is 0.853. The molecule has 5 heteroatoms. The Labute approximate surface area is 158 Å². The first-order valence-corrected chi connectivity index (χ1v) is 9.35. The lowest BCUT2D eigenvalue weighted by molar-refractivity contribution is 0.159. The average molecular weight is 368 g/mol. The molecule has 0 bridgehead atoms. The number of nitrogens with one attached hydrogen (secondary N) is 2. The normalized spacial score (nSPS) is 16.8. The Morgan fingerprint density at radius 2 is 2.04 bits per heavy atom. The number of H-pyrrole nitrogens is 1. The molecule has 2 heterocycles. The lowest BCUT2D eigenvalue weighted by Crippen LogP contribution is -2.44. The summed E-state index contributed by atoms with van der Waals surface area (Å²) in [5, 5.41) is 4.87. The number of para-hydroxylation sites is 1. The van der Waals surface area contributed by atoms with Gasteiger partial charge in [0.15, 0.2) is 0 Å². The van der Waals surface area contributed by atoms with Gasteiger partial charge < -0.3 is 15.2 Å². The first-order valence-electron chi connectivity index (χ1n) is 8.97. The van der Waals surface area contributed by atoms with E-state index < -0.39 is 0 Å². The minimum atomic E-state index is -0.0877. The number of amides is 2. The Morgan fingerprint density at radius 3 is 2.81 bits per heavy atom. The van der Waals surface area contributed by atoms with Crippen molar-refractivity contribution in [2.24, 2.45) is 5.92 Å². The summed E-state index contributed by atoms with van der Waals surface area (Å²) < 4.78 is 0. The van der Waals surface area contributed by atoms with Gasteiger partial charge in [-0.3, -0.25) is 0 Å². The number of fused-ring (bicyclic) bond motifs is 3. The van der Waals surface area contributed by atoms with Crippen molar-refractivity contribution in [2.75, 3.05) is 11.9 Å². The molecule has 2 aromatic carbocycles. The second-order valence-corrected chi connectivity index (χ2v) is 7.57. The third-order valence-electron chi connectivity index (χ3n) is 5.05. The molecule has 0 saturated heterocycles. The van der Waals surface area contributed by atoms with E-state index in [1.165, 1.54) is 10.9 Å². The molecule has 2 amide bonds. The fourth-order valence-corrected chi connectivity index (χ4v) is 4.14. The van der Waals surface area contributed by atoms with Gasteiger partial charge in [0.05, 0.1) is 6.04 Å². The molecule has 0 aliphatic carbocycles. The molecule has 2 N–H and O–H groups in total. The van der Waals surface area contributed by atoms with Crippen LogP contribution in [0.25, 0.3) is 10.9 Å². The van der Waals surface area contributed by atoms with Gasteiger partial charge in [-0.15, -0.1) is 0 Å². The highest BCUT2D eigenvalue weighted by Gasteiger charge is 2.35. The maximum absolute atomic E-state index is 13.0. The van der Waals surface area contributed by atoms with E-state index >= 15 is 0 Å². The minimum absolute atomic E-state index is 0.0188. The van der Waals surface area contributed by atoms with Gasteiger partial charge in [0.2, 0.25) is 0 Å².